The summed E-state index contributed by atoms with van der Waals surface area (Å²) in [5.41, 5.74) is 0. The maximum Gasteiger partial charge on any atom is 0.364 e. The normalized spacial score (nSPS) is 43.6. The van der Waals surface area contributed by atoms with Crippen molar-refractivity contribution in [2.24, 2.45) is 0 Å². The number of aliphatic hydroxyl groups is 27. The van der Waals surface area contributed by atoms with Gasteiger partial charge in [-0.15, -0.1) is 0 Å². The number of aliphatic carboxylic acids is 1. The fourth-order valence-electron chi connectivity index (χ4n) is 15.1. The van der Waals surface area contributed by atoms with Crippen LogP contribution in [0.15, 0.2) is 0 Å². The van der Waals surface area contributed by atoms with Crippen molar-refractivity contribution in [3.63, 3.8) is 0 Å². The highest BCUT2D eigenvalue weighted by Crippen LogP contribution is 2.42. The van der Waals surface area contributed by atoms with Crippen LogP contribution in [0.4, 0.5) is 0 Å². The summed E-state index contributed by atoms with van der Waals surface area (Å²) in [7, 11) is 0. The lowest BCUT2D eigenvalue weighted by molar-refractivity contribution is -0.400. The first-order valence-corrected chi connectivity index (χ1v) is 38.3. The van der Waals surface area contributed by atoms with Gasteiger partial charge in [-0.05, 0) is 0 Å². The average molecular weight is 1790 g/mol. The predicted octanol–water partition coefficient (Wildman–Crippen LogP) is -22.1. The van der Waals surface area contributed by atoms with E-state index in [9.17, 15) is 172 Å². The molecule has 55 heteroatoms. The predicted molar refractivity (Wildman–Crippen MR) is 376 cm³/mol. The second-order valence-electron chi connectivity index (χ2n) is 30.1. The Morgan fingerprint density at radius 3 is 1.24 bits per heavy atom. The van der Waals surface area contributed by atoms with Crippen LogP contribution in [0.2, 0.25) is 0 Å². The van der Waals surface area contributed by atoms with Crippen LogP contribution >= 0.6 is 0 Å². The van der Waals surface area contributed by atoms with Gasteiger partial charge in [0.1, 0.15) is 214 Å². The Morgan fingerprint density at radius 1 is 0.385 bits per heavy atom. The molecule has 33 N–H and O–H groups in total. The van der Waals surface area contributed by atoms with Crippen molar-refractivity contribution in [1.82, 2.24) is 26.6 Å². The summed E-state index contributed by atoms with van der Waals surface area (Å²) in [6, 6.07) is -9.51. The molecule has 0 aromatic rings. The van der Waals surface area contributed by atoms with Crippen LogP contribution in [-0.2, 0) is 105 Å². The number of rotatable bonds is 38. The van der Waals surface area contributed by atoms with E-state index < -0.39 is 390 Å². The molecule has 0 radical (unpaired) electrons. The second-order valence-corrected chi connectivity index (χ2v) is 30.1. The molecule has 8 heterocycles. The number of carboxylic acids is 1. The average Bonchev–Trinajstić information content (AvgIpc) is 0.747. The first kappa shape index (κ1) is 102. The molecule has 0 saturated carbocycles. The third-order valence-corrected chi connectivity index (χ3v) is 21.5. The lowest BCUT2D eigenvalue weighted by Crippen LogP contribution is -2.71. The smallest absolute Gasteiger partial charge is 0.364 e. The van der Waals surface area contributed by atoms with Crippen LogP contribution in [0.25, 0.3) is 0 Å². The molecule has 8 fully saturated rings. The molecule has 5 amide bonds. The van der Waals surface area contributed by atoms with Crippen LogP contribution in [0.5, 0.6) is 0 Å². The Labute approximate surface area is 690 Å². The number of ether oxygens (including phenoxy) is 16. The number of nitrogens with one attached hydrogen (secondary N) is 5. The van der Waals surface area contributed by atoms with Crippen LogP contribution in [0, 0.1) is 0 Å². The SMILES string of the molecule is CC(=O)N[C@H]1[C@H](O[C@@H]([C@H](O)[C@H](CO)NC(C)=O)[C@H](O)CO)O[C@H](CO)[C@@H](O[C@@H]2O[C@H](CO[C@H]3O[C@H](CO)[C@@H](O)[C@H](O)[C@@H]3O[C@@H]3O[C@H](CO)[C@@H](O)[C@H](O)[C@H]3NC(C)=O)[C@@H](O)[C@H](O[C@H]3O[C@H](CO)[C@@H](O)[C@H](O)[C@@H]3O[C@@H]3O[C@H](CO)[C@@H](O[C@@H]4O[C@H](CO)[C@H](O)[C@H](O[C@]5(C(=O)O)C[C@H](O)[C@@H](NC(=O)CO)[C@H]([C@H](O)[C@H](O)CO)O5)[C@H]4O)[C@H](O)[C@H]3NC(C)=O)[C@@H]2O)[C@@H]1O. The lowest BCUT2D eigenvalue weighted by Gasteiger charge is -2.51. The van der Waals surface area contributed by atoms with E-state index in [1.807, 2.05) is 0 Å². The molecule has 45 atom stereocenters. The van der Waals surface area contributed by atoms with Gasteiger partial charge in [0.05, 0.1) is 84.3 Å². The topological polar surface area (TPSA) is 877 Å². The Morgan fingerprint density at radius 2 is 0.779 bits per heavy atom. The number of carbonyl (C=O) groups excluding carboxylic acids is 5. The van der Waals surface area contributed by atoms with E-state index in [0.29, 0.717) is 0 Å². The first-order chi connectivity index (χ1) is 57.6. The van der Waals surface area contributed by atoms with Gasteiger partial charge in [0, 0.05) is 34.1 Å². The molecule has 8 rings (SSSR count). The summed E-state index contributed by atoms with van der Waals surface area (Å²) in [4.78, 5) is 76.4. The maximum atomic E-state index is 13.3. The minimum absolute atomic E-state index is 0.828. The highest BCUT2D eigenvalue weighted by atomic mass is 16.8. The van der Waals surface area contributed by atoms with Crippen molar-refractivity contribution in [3.8, 4) is 0 Å². The number of amides is 5. The molecule has 8 aliphatic heterocycles. The molecule has 0 aromatic heterocycles. The Hall–Kier alpha value is -4.90. The lowest BCUT2D eigenvalue weighted by atomic mass is 9.88. The molecule has 0 aromatic carbocycles. The molecule has 0 unspecified atom stereocenters. The molecule has 122 heavy (non-hydrogen) atoms. The van der Waals surface area contributed by atoms with Crippen molar-refractivity contribution in [2.45, 2.75) is 309 Å². The quantitative estimate of drug-likeness (QED) is 0.0273. The number of carbonyl (C=O) groups is 6. The zero-order valence-electron chi connectivity index (χ0n) is 65.4. The molecule has 8 saturated heterocycles. The minimum atomic E-state index is -3.38. The van der Waals surface area contributed by atoms with Gasteiger partial charge < -0.3 is 245 Å². The molecule has 706 valence electrons. The van der Waals surface area contributed by atoms with Crippen LogP contribution in [0.1, 0.15) is 34.1 Å². The number of aliphatic hydroxyl groups excluding tert-OH is 27. The maximum absolute atomic E-state index is 13.3. The summed E-state index contributed by atoms with van der Waals surface area (Å²) in [5.74, 6) is -10.6. The van der Waals surface area contributed by atoms with E-state index in [4.69, 9.17) is 75.8 Å². The minimum Gasteiger partial charge on any atom is -0.477 e. The monoisotopic (exact) mass is 1790 g/mol. The molecule has 0 bridgehead atoms. The van der Waals surface area contributed by atoms with Crippen LogP contribution in [-0.4, -0.2) is 527 Å². The number of carboxylic acid groups (broad SMARTS) is 1. The molecule has 0 aliphatic carbocycles. The second kappa shape index (κ2) is 45.4. The van der Waals surface area contributed by atoms with Crippen molar-refractivity contribution in [1.29, 1.82) is 0 Å². The van der Waals surface area contributed by atoms with Gasteiger partial charge in [-0.25, -0.2) is 4.79 Å². The van der Waals surface area contributed by atoms with Gasteiger partial charge in [-0.2, -0.15) is 0 Å². The summed E-state index contributed by atoms with van der Waals surface area (Å²) >= 11 is 0. The fraction of sp³-hybridized carbons (Fsp3) is 0.910. The van der Waals surface area contributed by atoms with E-state index in [0.717, 1.165) is 27.7 Å². The van der Waals surface area contributed by atoms with Crippen molar-refractivity contribution in [2.75, 3.05) is 72.7 Å². The van der Waals surface area contributed by atoms with Gasteiger partial charge >= 0.3 is 5.97 Å². The zero-order chi connectivity index (χ0) is 90.7. The van der Waals surface area contributed by atoms with Crippen molar-refractivity contribution < 1.29 is 248 Å². The molecular formula is C67H113N5O50. The summed E-state index contributed by atoms with van der Waals surface area (Å²) < 4.78 is 94.9. The van der Waals surface area contributed by atoms with E-state index in [1.165, 1.54) is 0 Å². The Kier molecular flexibility index (Phi) is 38.1. The highest BCUT2D eigenvalue weighted by molar-refractivity contribution is 5.78. The third kappa shape index (κ3) is 23.4. The van der Waals surface area contributed by atoms with Crippen LogP contribution < -0.4 is 26.6 Å². The Balaban J connectivity index is 1.14. The van der Waals surface area contributed by atoms with E-state index in [2.05, 4.69) is 26.6 Å². The highest BCUT2D eigenvalue weighted by Gasteiger charge is 2.63. The summed E-state index contributed by atoms with van der Waals surface area (Å²) in [6.07, 6.45) is -88.9. The summed E-state index contributed by atoms with van der Waals surface area (Å²) in [6.45, 7) is -9.51. The van der Waals surface area contributed by atoms with Gasteiger partial charge in [-0.3, -0.25) is 24.0 Å². The number of hydrogen-bond acceptors (Lipinski definition) is 49. The van der Waals surface area contributed by atoms with E-state index in [1.54, 1.807) is 0 Å². The van der Waals surface area contributed by atoms with Gasteiger partial charge in [0.2, 0.25) is 29.5 Å². The summed E-state index contributed by atoms with van der Waals surface area (Å²) in [5, 5.41) is 322. The van der Waals surface area contributed by atoms with E-state index >= 15 is 0 Å². The van der Waals surface area contributed by atoms with Gasteiger partial charge in [0.15, 0.2) is 44.0 Å². The van der Waals surface area contributed by atoms with Crippen LogP contribution in [0.3, 0.4) is 0 Å². The number of hydrogen-bond donors (Lipinski definition) is 33. The molecular weight excluding hydrogens is 1670 g/mol. The first-order valence-electron chi connectivity index (χ1n) is 38.3. The van der Waals surface area contributed by atoms with Crippen molar-refractivity contribution in [3.05, 3.63) is 0 Å². The molecule has 0 spiro atoms. The largest absolute Gasteiger partial charge is 0.477 e. The molecule has 8 aliphatic rings. The Bertz CT molecular complexity index is 3310. The van der Waals surface area contributed by atoms with Gasteiger partial charge in [-0.1, -0.05) is 0 Å². The van der Waals surface area contributed by atoms with Crippen molar-refractivity contribution >= 4 is 35.5 Å². The zero-order valence-corrected chi connectivity index (χ0v) is 65.4. The molecule has 55 nitrogen and oxygen atoms in total. The standard InChI is InChI=1S/C67H113N5O50/c1-17(83)68-21(6-73)37(91)51(24(89)8-75)115-60-35(70-19(3)85)45(99)52(29(13-80)112-60)116-62-49(103)55(43(97)31(114-62)16-107-64-57(47(101)40(94)26(10-77)110-64)119-59-34(69-18(2)84)44(98)39(93)25(9-76)108-59)118-65-58(48(102)41(95)27(11-78)111-65)120-61-36(71-20(4)86)46(100)53(30(14-81)113-61)117-63-50(104)56(42(96)28(12-79)109-63)122-67(66(105)106)5-22(87)33(72-32(90)15-82)54(121-67)38(92)23(88)7-74/h21-31,33-65,73-82,87-89,91-104H,5-16H2,1-4H3,(H,68,83)(H,69,84)(H,70,85)(H,71,86)(H,72,90)(H,105,106)/t21-,22-,23+,24+,25+,26+,27+,28+,29+,30+,31+,33+,34+,35+,36+,37+,38+,39+,40+,41+,42-,43+,44+,45+,46+,47-,48-,49-,50+,51+,52+,53+,54+,55-,56-,57-,58-,59-,60-,61-,62-,63-,64-,65+,67-/m0/s1. The third-order valence-electron chi connectivity index (χ3n) is 21.5. The van der Waals surface area contributed by atoms with E-state index in [-0.39, 0.29) is 0 Å². The fourth-order valence-corrected chi connectivity index (χ4v) is 15.1. The van der Waals surface area contributed by atoms with Gasteiger partial charge in [0.25, 0.3) is 5.79 Å².